The summed E-state index contributed by atoms with van der Waals surface area (Å²) < 4.78 is 11.0. The summed E-state index contributed by atoms with van der Waals surface area (Å²) in [5.74, 6) is 1.28. The van der Waals surface area contributed by atoms with Gasteiger partial charge in [-0.1, -0.05) is 23.4 Å². The molecule has 0 bridgehead atoms. The summed E-state index contributed by atoms with van der Waals surface area (Å²) in [5, 5.41) is 6.86. The molecule has 2 amide bonds. The fourth-order valence-corrected chi connectivity index (χ4v) is 3.63. The smallest absolute Gasteiger partial charge is 0.251 e. The maximum absolute atomic E-state index is 12.6. The standard InChI is InChI=1S/C24H25N3O4/c1-16-22(17(2)31-26-16)15-30-21-9-4-7-19(13-21)24(29)25-14-18-6-3-8-20(12-18)27-11-5-10-23(27)28/h3-4,6-9,12-13H,5,10-11,14-15H2,1-2H3,(H,25,29). The van der Waals surface area contributed by atoms with E-state index in [0.717, 1.165) is 41.2 Å². The number of hydrogen-bond donors (Lipinski definition) is 1. The highest BCUT2D eigenvalue weighted by atomic mass is 16.5. The van der Waals surface area contributed by atoms with Crippen molar-refractivity contribution in [1.82, 2.24) is 10.5 Å². The van der Waals surface area contributed by atoms with E-state index in [4.69, 9.17) is 9.26 Å². The number of ether oxygens (including phenoxy) is 1. The van der Waals surface area contributed by atoms with Crippen LogP contribution in [0.1, 0.15) is 45.8 Å². The largest absolute Gasteiger partial charge is 0.489 e. The molecule has 0 aliphatic carbocycles. The third-order valence-corrected chi connectivity index (χ3v) is 5.41. The van der Waals surface area contributed by atoms with Crippen molar-refractivity contribution in [1.29, 1.82) is 0 Å². The van der Waals surface area contributed by atoms with Gasteiger partial charge in [-0.25, -0.2) is 0 Å². The number of hydrogen-bond acceptors (Lipinski definition) is 5. The molecule has 0 atom stereocenters. The molecular formula is C24H25N3O4. The lowest BCUT2D eigenvalue weighted by Gasteiger charge is -2.16. The number of rotatable bonds is 7. The molecule has 1 aliphatic rings. The number of amides is 2. The molecule has 1 aromatic heterocycles. The summed E-state index contributed by atoms with van der Waals surface area (Å²) in [5.41, 5.74) is 4.04. The molecule has 4 rings (SSSR count). The Kier molecular flexibility index (Phi) is 6.02. The van der Waals surface area contributed by atoms with Crippen molar-refractivity contribution in [2.75, 3.05) is 11.4 Å². The lowest BCUT2D eigenvalue weighted by atomic mass is 10.1. The Morgan fingerprint density at radius 3 is 2.77 bits per heavy atom. The third kappa shape index (κ3) is 4.77. The van der Waals surface area contributed by atoms with Gasteiger partial charge in [0.15, 0.2) is 0 Å². The minimum Gasteiger partial charge on any atom is -0.489 e. The maximum Gasteiger partial charge on any atom is 0.251 e. The first-order valence-corrected chi connectivity index (χ1v) is 10.3. The van der Waals surface area contributed by atoms with Crippen molar-refractivity contribution in [3.63, 3.8) is 0 Å². The Morgan fingerprint density at radius 2 is 2.03 bits per heavy atom. The van der Waals surface area contributed by atoms with Crippen LogP contribution in [-0.4, -0.2) is 23.5 Å². The SMILES string of the molecule is Cc1noc(C)c1COc1cccc(C(=O)NCc2cccc(N3CCCC3=O)c2)c1. The van der Waals surface area contributed by atoms with E-state index < -0.39 is 0 Å². The molecule has 160 valence electrons. The summed E-state index contributed by atoms with van der Waals surface area (Å²) >= 11 is 0. The average Bonchev–Trinajstić information content (AvgIpc) is 3.35. The zero-order valence-corrected chi connectivity index (χ0v) is 17.7. The molecule has 7 heteroatoms. The minimum atomic E-state index is -0.189. The second-order valence-corrected chi connectivity index (χ2v) is 7.62. The van der Waals surface area contributed by atoms with Gasteiger partial charge in [-0.2, -0.15) is 0 Å². The monoisotopic (exact) mass is 419 g/mol. The van der Waals surface area contributed by atoms with Crippen molar-refractivity contribution >= 4 is 17.5 Å². The van der Waals surface area contributed by atoms with E-state index in [0.29, 0.717) is 30.9 Å². The molecule has 1 fully saturated rings. The lowest BCUT2D eigenvalue weighted by molar-refractivity contribution is -0.117. The van der Waals surface area contributed by atoms with Crippen LogP contribution in [0.25, 0.3) is 0 Å². The minimum absolute atomic E-state index is 0.148. The number of aryl methyl sites for hydroxylation is 2. The zero-order valence-electron chi connectivity index (χ0n) is 17.7. The molecule has 31 heavy (non-hydrogen) atoms. The highest BCUT2D eigenvalue weighted by Crippen LogP contribution is 2.22. The van der Waals surface area contributed by atoms with Crippen LogP contribution in [0.5, 0.6) is 5.75 Å². The first kappa shape index (κ1) is 20.7. The van der Waals surface area contributed by atoms with Gasteiger partial charge in [-0.15, -0.1) is 0 Å². The molecule has 1 aliphatic heterocycles. The molecule has 1 saturated heterocycles. The average molecular weight is 419 g/mol. The van der Waals surface area contributed by atoms with Crippen LogP contribution in [0.4, 0.5) is 5.69 Å². The topological polar surface area (TPSA) is 84.7 Å². The van der Waals surface area contributed by atoms with Gasteiger partial charge in [0.05, 0.1) is 11.3 Å². The predicted molar refractivity (Wildman–Crippen MR) is 116 cm³/mol. The van der Waals surface area contributed by atoms with Crippen molar-refractivity contribution < 1.29 is 18.8 Å². The highest BCUT2D eigenvalue weighted by molar-refractivity contribution is 5.95. The number of anilines is 1. The number of aromatic nitrogens is 1. The molecule has 0 saturated carbocycles. The Morgan fingerprint density at radius 1 is 1.19 bits per heavy atom. The molecule has 2 heterocycles. The number of nitrogens with one attached hydrogen (secondary N) is 1. The zero-order chi connectivity index (χ0) is 21.8. The lowest BCUT2D eigenvalue weighted by Crippen LogP contribution is -2.25. The third-order valence-electron chi connectivity index (χ3n) is 5.41. The predicted octanol–water partition coefficient (Wildman–Crippen LogP) is 3.93. The number of benzene rings is 2. The highest BCUT2D eigenvalue weighted by Gasteiger charge is 2.21. The Labute approximate surface area is 181 Å². The van der Waals surface area contributed by atoms with Gasteiger partial charge in [0.1, 0.15) is 18.1 Å². The molecule has 1 N–H and O–H groups in total. The van der Waals surface area contributed by atoms with Crippen LogP contribution < -0.4 is 15.0 Å². The summed E-state index contributed by atoms with van der Waals surface area (Å²) in [6.45, 7) is 5.16. The van der Waals surface area contributed by atoms with Gasteiger partial charge in [-0.05, 0) is 56.2 Å². The number of nitrogens with zero attached hydrogens (tertiary/aromatic N) is 2. The van der Waals surface area contributed by atoms with Gasteiger partial charge in [0.2, 0.25) is 5.91 Å². The van der Waals surface area contributed by atoms with Crippen LogP contribution in [0.2, 0.25) is 0 Å². The van der Waals surface area contributed by atoms with Crippen molar-refractivity contribution in [3.8, 4) is 5.75 Å². The van der Waals surface area contributed by atoms with Crippen LogP contribution in [0.15, 0.2) is 53.1 Å². The van der Waals surface area contributed by atoms with Crippen LogP contribution in [0, 0.1) is 13.8 Å². The summed E-state index contributed by atoms with van der Waals surface area (Å²) in [6, 6.07) is 14.8. The van der Waals surface area contributed by atoms with E-state index in [1.807, 2.05) is 44.2 Å². The van der Waals surface area contributed by atoms with Gasteiger partial charge in [-0.3, -0.25) is 9.59 Å². The molecule has 3 aromatic rings. The first-order chi connectivity index (χ1) is 15.0. The maximum atomic E-state index is 12.6. The van der Waals surface area contributed by atoms with Gasteiger partial charge >= 0.3 is 0 Å². The number of carbonyl (C=O) groups is 2. The molecular weight excluding hydrogens is 394 g/mol. The van der Waals surface area contributed by atoms with E-state index in [9.17, 15) is 9.59 Å². The Hall–Kier alpha value is -3.61. The van der Waals surface area contributed by atoms with E-state index >= 15 is 0 Å². The quantitative estimate of drug-likeness (QED) is 0.627. The molecule has 2 aromatic carbocycles. The van der Waals surface area contributed by atoms with Gasteiger partial charge in [0.25, 0.3) is 5.91 Å². The fraction of sp³-hybridized carbons (Fsp3) is 0.292. The van der Waals surface area contributed by atoms with Gasteiger partial charge in [0, 0.05) is 30.8 Å². The Balaban J connectivity index is 1.37. The fourth-order valence-electron chi connectivity index (χ4n) is 3.63. The van der Waals surface area contributed by atoms with Crippen LogP contribution in [-0.2, 0) is 17.9 Å². The van der Waals surface area contributed by atoms with Crippen LogP contribution >= 0.6 is 0 Å². The molecule has 0 spiro atoms. The van der Waals surface area contributed by atoms with E-state index in [2.05, 4.69) is 10.5 Å². The second-order valence-electron chi connectivity index (χ2n) is 7.62. The van der Waals surface area contributed by atoms with Crippen LogP contribution in [0.3, 0.4) is 0 Å². The Bertz CT molecular complexity index is 1090. The van der Waals surface area contributed by atoms with E-state index in [-0.39, 0.29) is 11.8 Å². The van der Waals surface area contributed by atoms with Crippen molar-refractivity contribution in [3.05, 3.63) is 76.7 Å². The number of carbonyl (C=O) groups excluding carboxylic acids is 2. The first-order valence-electron chi connectivity index (χ1n) is 10.3. The molecule has 0 radical (unpaired) electrons. The van der Waals surface area contributed by atoms with E-state index in [1.54, 1.807) is 23.1 Å². The summed E-state index contributed by atoms with van der Waals surface area (Å²) in [4.78, 5) is 26.4. The summed E-state index contributed by atoms with van der Waals surface area (Å²) in [6.07, 6.45) is 1.48. The molecule has 7 nitrogen and oxygen atoms in total. The van der Waals surface area contributed by atoms with E-state index in [1.165, 1.54) is 0 Å². The molecule has 0 unspecified atom stereocenters. The van der Waals surface area contributed by atoms with Crippen molar-refractivity contribution in [2.45, 2.75) is 39.8 Å². The second kappa shape index (κ2) is 9.04. The normalized spacial score (nSPS) is 13.5. The van der Waals surface area contributed by atoms with Gasteiger partial charge < -0.3 is 19.5 Å². The summed E-state index contributed by atoms with van der Waals surface area (Å²) in [7, 11) is 0. The van der Waals surface area contributed by atoms with Crippen molar-refractivity contribution in [2.24, 2.45) is 0 Å².